The minimum absolute atomic E-state index is 0.0534. The number of thiophene rings is 1. The maximum Gasteiger partial charge on any atom is 0.198 e. The van der Waals surface area contributed by atoms with Crippen LogP contribution in [0.2, 0.25) is 0 Å². The Morgan fingerprint density at radius 1 is 1.20 bits per heavy atom. The zero-order chi connectivity index (χ0) is 20.9. The molecule has 30 heavy (non-hydrogen) atoms. The number of benzene rings is 2. The van der Waals surface area contributed by atoms with Gasteiger partial charge in [-0.1, -0.05) is 28.1 Å². The molecule has 0 bridgehead atoms. The van der Waals surface area contributed by atoms with Crippen molar-refractivity contribution < 1.29 is 19.0 Å². The van der Waals surface area contributed by atoms with E-state index >= 15 is 0 Å². The van der Waals surface area contributed by atoms with Crippen LogP contribution in [0.3, 0.4) is 0 Å². The first kappa shape index (κ1) is 20.3. The van der Waals surface area contributed by atoms with Crippen molar-refractivity contribution in [3.05, 3.63) is 80.4 Å². The molecule has 1 spiro atoms. The second-order valence-electron chi connectivity index (χ2n) is 8.11. The van der Waals surface area contributed by atoms with Gasteiger partial charge in [0.25, 0.3) is 0 Å². The van der Waals surface area contributed by atoms with Gasteiger partial charge in [-0.25, -0.2) is 4.39 Å². The van der Waals surface area contributed by atoms with Gasteiger partial charge >= 0.3 is 0 Å². The topological polar surface area (TPSA) is 38.7 Å². The van der Waals surface area contributed by atoms with E-state index in [0.29, 0.717) is 19.4 Å². The van der Waals surface area contributed by atoms with E-state index in [-0.39, 0.29) is 11.9 Å². The average Bonchev–Trinajstić information content (AvgIpc) is 3.28. The van der Waals surface area contributed by atoms with Gasteiger partial charge in [0.1, 0.15) is 5.82 Å². The smallest absolute Gasteiger partial charge is 0.198 e. The Bertz CT molecular complexity index is 1070. The third-order valence-corrected chi connectivity index (χ3v) is 7.67. The number of hydrogen-bond acceptors (Lipinski definition) is 4. The van der Waals surface area contributed by atoms with Crippen molar-refractivity contribution in [3.63, 3.8) is 0 Å². The monoisotopic (exact) mass is 488 g/mol. The van der Waals surface area contributed by atoms with Crippen molar-refractivity contribution in [3.8, 4) is 10.4 Å². The highest BCUT2D eigenvalue weighted by molar-refractivity contribution is 9.10. The molecule has 1 saturated heterocycles. The van der Waals surface area contributed by atoms with Gasteiger partial charge in [0.05, 0.1) is 18.8 Å². The summed E-state index contributed by atoms with van der Waals surface area (Å²) in [5.74, 6) is -1.07. The second-order valence-corrected chi connectivity index (χ2v) is 10.1. The lowest BCUT2D eigenvalue weighted by Crippen LogP contribution is -2.43. The van der Waals surface area contributed by atoms with Gasteiger partial charge in [-0.15, -0.1) is 11.3 Å². The molecule has 1 N–H and O–H groups in total. The molecule has 2 aromatic carbocycles. The Balaban J connectivity index is 1.44. The van der Waals surface area contributed by atoms with Crippen LogP contribution in [0.4, 0.5) is 4.39 Å². The molecule has 2 aliphatic heterocycles. The third-order valence-electron chi connectivity index (χ3n) is 5.80. The molecule has 0 amide bonds. The minimum Gasteiger partial charge on any atom is -0.393 e. The van der Waals surface area contributed by atoms with Crippen LogP contribution < -0.4 is 0 Å². The highest BCUT2D eigenvalue weighted by Gasteiger charge is 2.47. The summed E-state index contributed by atoms with van der Waals surface area (Å²) in [6.07, 6.45) is 1.38. The molecule has 3 heterocycles. The predicted octanol–water partition coefficient (Wildman–Crippen LogP) is 6.15. The molecule has 0 aliphatic carbocycles. The summed E-state index contributed by atoms with van der Waals surface area (Å²) in [6.45, 7) is 2.47. The van der Waals surface area contributed by atoms with Crippen LogP contribution in [0.1, 0.15) is 41.3 Å². The molecule has 2 aliphatic rings. The molecule has 3 aromatic rings. The average molecular weight is 489 g/mol. The zero-order valence-electron chi connectivity index (χ0n) is 16.5. The van der Waals surface area contributed by atoms with Crippen molar-refractivity contribution in [2.24, 2.45) is 0 Å². The van der Waals surface area contributed by atoms with E-state index in [1.807, 2.05) is 19.1 Å². The molecule has 0 saturated carbocycles. The highest BCUT2D eigenvalue weighted by atomic mass is 79.9. The first-order chi connectivity index (χ1) is 14.4. The molecule has 3 atom stereocenters. The van der Waals surface area contributed by atoms with Gasteiger partial charge in [0, 0.05) is 32.6 Å². The Labute approximate surface area is 187 Å². The highest BCUT2D eigenvalue weighted by Crippen LogP contribution is 2.47. The molecular formula is C24H22BrFO3S. The van der Waals surface area contributed by atoms with Crippen molar-refractivity contribution in [2.75, 3.05) is 0 Å². The van der Waals surface area contributed by atoms with Crippen molar-refractivity contribution in [2.45, 2.75) is 50.8 Å². The van der Waals surface area contributed by atoms with Crippen LogP contribution in [0, 0.1) is 5.82 Å². The molecule has 2 unspecified atom stereocenters. The van der Waals surface area contributed by atoms with Crippen molar-refractivity contribution in [1.29, 1.82) is 0 Å². The SMILES string of the molecule is CC1CC(O)C[C@@]2(OCc3cc(Br)c(Cc4ccc(-c5ccc(F)cc5)s4)cc32)O1. The first-order valence-electron chi connectivity index (χ1n) is 10.1. The van der Waals surface area contributed by atoms with Crippen LogP contribution in [-0.2, 0) is 28.3 Å². The van der Waals surface area contributed by atoms with Crippen LogP contribution in [0.25, 0.3) is 10.4 Å². The molecule has 1 fully saturated rings. The van der Waals surface area contributed by atoms with Crippen LogP contribution in [-0.4, -0.2) is 17.3 Å². The van der Waals surface area contributed by atoms with E-state index < -0.39 is 11.9 Å². The van der Waals surface area contributed by atoms with Crippen LogP contribution in [0.15, 0.2) is 53.0 Å². The summed E-state index contributed by atoms with van der Waals surface area (Å²) in [6, 6.07) is 15.1. The number of aliphatic hydroxyl groups is 1. The van der Waals surface area contributed by atoms with Crippen molar-refractivity contribution in [1.82, 2.24) is 0 Å². The van der Waals surface area contributed by atoms with Gasteiger partial charge in [0.2, 0.25) is 0 Å². The lowest BCUT2D eigenvalue weighted by molar-refractivity contribution is -0.295. The van der Waals surface area contributed by atoms with Gasteiger partial charge in [-0.3, -0.25) is 0 Å². The number of halogens is 2. The largest absolute Gasteiger partial charge is 0.393 e. The van der Waals surface area contributed by atoms with Gasteiger partial charge in [-0.05, 0) is 66.4 Å². The summed E-state index contributed by atoms with van der Waals surface area (Å²) in [5, 5.41) is 10.3. The van der Waals surface area contributed by atoms with E-state index in [9.17, 15) is 9.50 Å². The molecule has 6 heteroatoms. The molecule has 156 valence electrons. The fraction of sp³-hybridized carbons (Fsp3) is 0.333. The van der Waals surface area contributed by atoms with E-state index in [4.69, 9.17) is 9.47 Å². The van der Waals surface area contributed by atoms with Crippen molar-refractivity contribution >= 4 is 27.3 Å². The normalized spacial score (nSPS) is 25.6. The van der Waals surface area contributed by atoms with Gasteiger partial charge < -0.3 is 14.6 Å². The second kappa shape index (κ2) is 7.84. The summed E-state index contributed by atoms with van der Waals surface area (Å²) in [7, 11) is 0. The fourth-order valence-electron chi connectivity index (χ4n) is 4.44. The number of rotatable bonds is 3. The number of aliphatic hydroxyl groups excluding tert-OH is 1. The summed E-state index contributed by atoms with van der Waals surface area (Å²) in [4.78, 5) is 2.34. The standard InChI is InChI=1S/C24H22BrFO3S/c1-14-8-19(27)12-24(29-14)21-10-16(22(25)11-17(21)13-28-24)9-20-6-7-23(30-20)15-2-4-18(26)5-3-15/h2-7,10-11,14,19,27H,8-9,12-13H2,1H3/t14?,19?,24-/m1/s1. The first-order valence-corrected chi connectivity index (χ1v) is 11.7. The molecule has 0 radical (unpaired) electrons. The fourth-order valence-corrected chi connectivity index (χ4v) is 6.00. The zero-order valence-corrected chi connectivity index (χ0v) is 18.9. The predicted molar refractivity (Wildman–Crippen MR) is 119 cm³/mol. The summed E-state index contributed by atoms with van der Waals surface area (Å²) in [5.41, 5.74) is 4.31. The van der Waals surface area contributed by atoms with E-state index in [2.05, 4.69) is 40.2 Å². The lowest BCUT2D eigenvalue weighted by atomic mass is 9.90. The molecule has 1 aromatic heterocycles. The maximum atomic E-state index is 13.2. The number of hydrogen-bond donors (Lipinski definition) is 1. The van der Waals surface area contributed by atoms with E-state index in [0.717, 1.165) is 38.0 Å². The summed E-state index contributed by atoms with van der Waals surface area (Å²) < 4.78 is 26.6. The molecular weight excluding hydrogens is 467 g/mol. The Morgan fingerprint density at radius 2 is 2.00 bits per heavy atom. The van der Waals surface area contributed by atoms with Crippen LogP contribution >= 0.6 is 27.3 Å². The van der Waals surface area contributed by atoms with Gasteiger partial charge in [0.15, 0.2) is 5.79 Å². The van der Waals surface area contributed by atoms with Gasteiger partial charge in [-0.2, -0.15) is 0 Å². The molecule has 3 nitrogen and oxygen atoms in total. The van der Waals surface area contributed by atoms with E-state index in [1.54, 1.807) is 11.3 Å². The third kappa shape index (κ3) is 3.76. The Kier molecular flexibility index (Phi) is 5.32. The maximum absolute atomic E-state index is 13.2. The Hall–Kier alpha value is -1.57. The quantitative estimate of drug-likeness (QED) is 0.480. The van der Waals surface area contributed by atoms with E-state index in [1.165, 1.54) is 17.0 Å². The summed E-state index contributed by atoms with van der Waals surface area (Å²) >= 11 is 5.43. The Morgan fingerprint density at radius 3 is 2.77 bits per heavy atom. The van der Waals surface area contributed by atoms with Crippen LogP contribution in [0.5, 0.6) is 0 Å². The lowest BCUT2D eigenvalue weighted by Gasteiger charge is -2.39. The number of ether oxygens (including phenoxy) is 2. The minimum atomic E-state index is -0.851. The number of fused-ring (bicyclic) bond motifs is 2. The molecule has 5 rings (SSSR count).